The van der Waals surface area contributed by atoms with Gasteiger partial charge in [-0.05, 0) is 5.92 Å². The zero-order chi connectivity index (χ0) is 9.72. The number of carbonyl (C=O) groups excluding carboxylic acids is 1. The molecule has 5 nitrogen and oxygen atoms in total. The Bertz CT molecular complexity index is 180. The SMILES string of the molecule is CC[C@H](C)[C@H](N)C(=O)OC(=O)O. The molecule has 0 saturated carbocycles. The van der Waals surface area contributed by atoms with Crippen LogP contribution in [0.1, 0.15) is 20.3 Å². The first-order valence-corrected chi connectivity index (χ1v) is 3.69. The molecular weight excluding hydrogens is 162 g/mol. The summed E-state index contributed by atoms with van der Waals surface area (Å²) >= 11 is 0. The first kappa shape index (κ1) is 10.9. The van der Waals surface area contributed by atoms with Crippen molar-refractivity contribution in [2.75, 3.05) is 0 Å². The van der Waals surface area contributed by atoms with Gasteiger partial charge in [0.05, 0.1) is 0 Å². The van der Waals surface area contributed by atoms with Gasteiger partial charge in [-0.3, -0.25) is 0 Å². The molecule has 0 spiro atoms. The zero-order valence-electron chi connectivity index (χ0n) is 7.11. The fourth-order valence-corrected chi connectivity index (χ4v) is 0.640. The number of ether oxygens (including phenoxy) is 1. The molecule has 0 rings (SSSR count). The lowest BCUT2D eigenvalue weighted by atomic mass is 10.0. The van der Waals surface area contributed by atoms with Gasteiger partial charge in [0.25, 0.3) is 0 Å². The van der Waals surface area contributed by atoms with E-state index < -0.39 is 18.2 Å². The number of nitrogens with two attached hydrogens (primary N) is 1. The summed E-state index contributed by atoms with van der Waals surface area (Å²) in [5.41, 5.74) is 5.38. The second kappa shape index (κ2) is 4.71. The highest BCUT2D eigenvalue weighted by Crippen LogP contribution is 2.06. The number of hydrogen-bond acceptors (Lipinski definition) is 4. The van der Waals surface area contributed by atoms with E-state index in [1.807, 2.05) is 6.92 Å². The second-order valence-corrected chi connectivity index (χ2v) is 2.60. The third kappa shape index (κ3) is 3.34. The summed E-state index contributed by atoms with van der Waals surface area (Å²) < 4.78 is 3.89. The molecular formula is C7H13NO4. The van der Waals surface area contributed by atoms with Gasteiger partial charge in [-0.1, -0.05) is 20.3 Å². The van der Waals surface area contributed by atoms with Crippen molar-refractivity contribution < 1.29 is 19.4 Å². The number of hydrogen-bond donors (Lipinski definition) is 2. The van der Waals surface area contributed by atoms with E-state index in [2.05, 4.69) is 4.74 Å². The Balaban J connectivity index is 4.01. The van der Waals surface area contributed by atoms with Gasteiger partial charge in [-0.15, -0.1) is 0 Å². The van der Waals surface area contributed by atoms with Crippen LogP contribution < -0.4 is 5.73 Å². The minimum Gasteiger partial charge on any atom is -0.449 e. The minimum absolute atomic E-state index is 0.0724. The minimum atomic E-state index is -1.61. The largest absolute Gasteiger partial charge is 0.513 e. The lowest BCUT2D eigenvalue weighted by molar-refractivity contribution is -0.141. The molecule has 0 saturated heterocycles. The molecule has 0 aliphatic rings. The molecule has 0 unspecified atom stereocenters. The van der Waals surface area contributed by atoms with Crippen molar-refractivity contribution in [2.24, 2.45) is 11.7 Å². The van der Waals surface area contributed by atoms with Crippen LogP contribution in [-0.4, -0.2) is 23.3 Å². The van der Waals surface area contributed by atoms with Crippen LogP contribution in [0.15, 0.2) is 0 Å². The molecule has 2 atom stereocenters. The fraction of sp³-hybridized carbons (Fsp3) is 0.714. The summed E-state index contributed by atoms with van der Waals surface area (Å²) in [6.45, 7) is 3.62. The molecule has 0 aromatic rings. The van der Waals surface area contributed by atoms with Crippen molar-refractivity contribution in [2.45, 2.75) is 26.3 Å². The Labute approximate surface area is 70.5 Å². The van der Waals surface area contributed by atoms with E-state index in [4.69, 9.17) is 10.8 Å². The van der Waals surface area contributed by atoms with Crippen LogP contribution in [0.2, 0.25) is 0 Å². The monoisotopic (exact) mass is 175 g/mol. The van der Waals surface area contributed by atoms with E-state index in [-0.39, 0.29) is 5.92 Å². The predicted molar refractivity (Wildman–Crippen MR) is 41.5 cm³/mol. The van der Waals surface area contributed by atoms with E-state index >= 15 is 0 Å². The molecule has 12 heavy (non-hydrogen) atoms. The topological polar surface area (TPSA) is 89.6 Å². The molecule has 0 heterocycles. The molecule has 5 heteroatoms. The summed E-state index contributed by atoms with van der Waals surface area (Å²) in [5.74, 6) is -0.964. The normalized spacial score (nSPS) is 14.9. The van der Waals surface area contributed by atoms with Gasteiger partial charge < -0.3 is 15.6 Å². The van der Waals surface area contributed by atoms with Gasteiger partial charge >= 0.3 is 12.1 Å². The quantitative estimate of drug-likeness (QED) is 0.483. The van der Waals surface area contributed by atoms with Gasteiger partial charge in [0, 0.05) is 0 Å². The Hall–Kier alpha value is -1.10. The number of esters is 1. The molecule has 0 aliphatic carbocycles. The van der Waals surface area contributed by atoms with E-state index in [9.17, 15) is 9.59 Å². The van der Waals surface area contributed by atoms with E-state index in [1.165, 1.54) is 0 Å². The second-order valence-electron chi connectivity index (χ2n) is 2.60. The maximum absolute atomic E-state index is 10.8. The third-order valence-corrected chi connectivity index (χ3v) is 1.72. The zero-order valence-corrected chi connectivity index (χ0v) is 7.11. The molecule has 70 valence electrons. The van der Waals surface area contributed by atoms with Crippen molar-refractivity contribution in [3.63, 3.8) is 0 Å². The number of carbonyl (C=O) groups is 2. The standard InChI is InChI=1S/C7H13NO4/c1-3-4(2)5(8)6(9)12-7(10)11/h4-5H,3,8H2,1-2H3,(H,10,11)/t4-,5-/m0/s1. The summed E-state index contributed by atoms with van der Waals surface area (Å²) in [6, 6.07) is -0.855. The van der Waals surface area contributed by atoms with Crippen LogP contribution >= 0.6 is 0 Å². The molecule has 0 fully saturated rings. The first-order chi connectivity index (χ1) is 5.49. The van der Waals surface area contributed by atoms with Gasteiger partial charge in [0.15, 0.2) is 0 Å². The highest BCUT2D eigenvalue weighted by Gasteiger charge is 2.22. The van der Waals surface area contributed by atoms with Crippen molar-refractivity contribution >= 4 is 12.1 Å². The maximum atomic E-state index is 10.8. The highest BCUT2D eigenvalue weighted by atomic mass is 16.7. The average Bonchev–Trinajstić information content (AvgIpc) is 2.00. The van der Waals surface area contributed by atoms with Crippen molar-refractivity contribution in [1.82, 2.24) is 0 Å². The van der Waals surface area contributed by atoms with Crippen LogP contribution in [0.3, 0.4) is 0 Å². The Morgan fingerprint density at radius 1 is 1.58 bits per heavy atom. The predicted octanol–water partition coefficient (Wildman–Crippen LogP) is 0.581. The molecule has 0 aliphatic heterocycles. The van der Waals surface area contributed by atoms with Crippen molar-refractivity contribution in [1.29, 1.82) is 0 Å². The third-order valence-electron chi connectivity index (χ3n) is 1.72. The lowest BCUT2D eigenvalue weighted by Crippen LogP contribution is -2.38. The summed E-state index contributed by atoms with van der Waals surface area (Å²) in [7, 11) is 0. The van der Waals surface area contributed by atoms with E-state index in [1.54, 1.807) is 6.92 Å². The smallest absolute Gasteiger partial charge is 0.449 e. The van der Waals surface area contributed by atoms with Crippen LogP contribution in [0.4, 0.5) is 4.79 Å². The fourth-order valence-electron chi connectivity index (χ4n) is 0.640. The van der Waals surface area contributed by atoms with Crippen molar-refractivity contribution in [3.05, 3.63) is 0 Å². The molecule has 3 N–H and O–H groups in total. The Morgan fingerprint density at radius 2 is 2.08 bits per heavy atom. The maximum Gasteiger partial charge on any atom is 0.513 e. The molecule has 0 bridgehead atoms. The van der Waals surface area contributed by atoms with Gasteiger partial charge in [-0.2, -0.15) is 0 Å². The lowest BCUT2D eigenvalue weighted by Gasteiger charge is -2.14. The average molecular weight is 175 g/mol. The number of rotatable bonds is 3. The first-order valence-electron chi connectivity index (χ1n) is 3.69. The molecule has 0 aromatic carbocycles. The summed E-state index contributed by atoms with van der Waals surface area (Å²) in [4.78, 5) is 20.8. The summed E-state index contributed by atoms with van der Waals surface area (Å²) in [5, 5.41) is 8.09. The van der Waals surface area contributed by atoms with Gasteiger partial charge in [0.2, 0.25) is 0 Å². The number of carboxylic acid groups (broad SMARTS) is 1. The van der Waals surface area contributed by atoms with Crippen molar-refractivity contribution in [3.8, 4) is 0 Å². The summed E-state index contributed by atoms with van der Waals surface area (Å²) in [6.07, 6.45) is -0.908. The molecule has 0 radical (unpaired) electrons. The Morgan fingerprint density at radius 3 is 2.42 bits per heavy atom. The van der Waals surface area contributed by atoms with Crippen LogP contribution in [0.25, 0.3) is 0 Å². The van der Waals surface area contributed by atoms with Crippen LogP contribution in [-0.2, 0) is 9.53 Å². The van der Waals surface area contributed by atoms with Crippen LogP contribution in [0.5, 0.6) is 0 Å². The molecule has 0 aromatic heterocycles. The van der Waals surface area contributed by atoms with E-state index in [0.29, 0.717) is 6.42 Å². The van der Waals surface area contributed by atoms with Gasteiger partial charge in [-0.25, -0.2) is 9.59 Å². The van der Waals surface area contributed by atoms with Gasteiger partial charge in [0.1, 0.15) is 6.04 Å². The highest BCUT2D eigenvalue weighted by molar-refractivity contribution is 5.84. The van der Waals surface area contributed by atoms with Crippen LogP contribution in [0, 0.1) is 5.92 Å². The van der Waals surface area contributed by atoms with E-state index in [0.717, 1.165) is 0 Å². The molecule has 0 amide bonds. The Kier molecular flexibility index (Phi) is 4.28.